The normalized spacial score (nSPS) is 9.16. The van der Waals surface area contributed by atoms with Gasteiger partial charge in [-0.25, -0.2) is 0 Å². The van der Waals surface area contributed by atoms with Crippen LogP contribution in [0, 0.1) is 26.7 Å². The van der Waals surface area contributed by atoms with E-state index in [0.717, 1.165) is 12.8 Å². The Morgan fingerprint density at radius 1 is 0.842 bits per heavy atom. The van der Waals surface area contributed by atoms with Gasteiger partial charge in [-0.2, -0.15) is 25.0 Å². The second-order valence-electron chi connectivity index (χ2n) is 2.42. The SMILES string of the molecule is C.[CH2-]C(O)[CH-]CC.[CH2-]C(O)[CH-]CC.[V].[V].[W].[W].[Y].[Y]. The number of aliphatic hydroxyl groups is 2. The van der Waals surface area contributed by atoms with Gasteiger partial charge < -0.3 is 36.9 Å². The maximum absolute atomic E-state index is 8.39. The maximum atomic E-state index is 8.39. The van der Waals surface area contributed by atoms with Crippen molar-refractivity contribution in [2.45, 2.75) is 46.3 Å². The molecule has 8 heteroatoms. The average molecular weight is 836 g/mol. The molecule has 0 rings (SSSR count). The van der Waals surface area contributed by atoms with E-state index in [9.17, 15) is 0 Å². The molecular weight excluding hydrogens is 811 g/mol. The summed E-state index contributed by atoms with van der Waals surface area (Å²) < 4.78 is 0. The minimum absolute atomic E-state index is 0. The minimum atomic E-state index is -0.477. The molecule has 4 radical (unpaired) electrons. The third-order valence-electron chi connectivity index (χ3n) is 1.02. The Kier molecular flexibility index (Phi) is 147. The summed E-state index contributed by atoms with van der Waals surface area (Å²) >= 11 is 0. The molecule has 0 fully saturated rings. The van der Waals surface area contributed by atoms with Crippen LogP contribution in [0.3, 0.4) is 0 Å². The van der Waals surface area contributed by atoms with Crippen molar-refractivity contribution in [2.24, 2.45) is 0 Å². The summed E-state index contributed by atoms with van der Waals surface area (Å²) in [5, 5.41) is 16.8. The first-order chi connectivity index (χ1) is 5.54. The standard InChI is InChI=1S/2C5H10O.CH4.2V.2W.2Y/c2*1-3-4-5(2)6;;;;;;;/h2*4-6H,2-3H2,1H3;1H4;;;;;;/q2*-2;;;;;;;. The zero-order valence-corrected chi connectivity index (χ0v) is 25.2. The monoisotopic (exact) mass is 836 g/mol. The van der Waals surface area contributed by atoms with E-state index in [1.807, 2.05) is 13.8 Å². The van der Waals surface area contributed by atoms with Crippen LogP contribution < -0.4 is 0 Å². The molecule has 19 heavy (non-hydrogen) atoms. The molecule has 2 N–H and O–H groups in total. The number of hydrogen-bond acceptors (Lipinski definition) is 2. The van der Waals surface area contributed by atoms with Gasteiger partial charge in [0.25, 0.3) is 0 Å². The van der Waals surface area contributed by atoms with Crippen molar-refractivity contribution in [1.29, 1.82) is 0 Å². The number of hydrogen-bond donors (Lipinski definition) is 2. The smallest absolute Gasteiger partial charge is 0 e. The molecule has 0 spiro atoms. The van der Waals surface area contributed by atoms with Crippen molar-refractivity contribution < 1.29 is 155 Å². The van der Waals surface area contributed by atoms with Crippen LogP contribution in [0.2, 0.25) is 0 Å². The summed E-state index contributed by atoms with van der Waals surface area (Å²) in [7, 11) is 0. The Labute approximate surface area is 224 Å². The summed E-state index contributed by atoms with van der Waals surface area (Å²) in [6.45, 7) is 10.6. The Hall–Kier alpha value is 4.67. The molecule has 0 aliphatic rings. The van der Waals surface area contributed by atoms with Crippen molar-refractivity contribution in [3.63, 3.8) is 0 Å². The third kappa shape index (κ3) is 85.1. The summed E-state index contributed by atoms with van der Waals surface area (Å²) in [6, 6.07) is 0. The molecule has 2 atom stereocenters. The maximum Gasteiger partial charge on any atom is 0 e. The summed E-state index contributed by atoms with van der Waals surface area (Å²) in [5.41, 5.74) is 0. The fourth-order valence-corrected chi connectivity index (χ4v) is 0.544. The minimum Gasteiger partial charge on any atom is -0.456 e. The second-order valence-corrected chi connectivity index (χ2v) is 2.42. The van der Waals surface area contributed by atoms with E-state index in [1.165, 1.54) is 0 Å². The fraction of sp³-hybridized carbons (Fsp3) is 0.636. The van der Waals surface area contributed by atoms with Crippen LogP contribution in [-0.4, -0.2) is 22.4 Å². The van der Waals surface area contributed by atoms with Gasteiger partial charge in [-0.1, -0.05) is 21.3 Å². The van der Waals surface area contributed by atoms with E-state index in [2.05, 4.69) is 13.8 Å². The molecule has 0 aromatic heterocycles. The van der Waals surface area contributed by atoms with Crippen LogP contribution >= 0.6 is 0 Å². The largest absolute Gasteiger partial charge is 0.456 e. The predicted octanol–water partition coefficient (Wildman–Crippen LogP) is 2.21. The zero-order valence-electron chi connectivity index (χ0n) is 10.9. The van der Waals surface area contributed by atoms with Crippen molar-refractivity contribution >= 4 is 0 Å². The number of aliphatic hydroxyl groups excluding tert-OH is 2. The van der Waals surface area contributed by atoms with Crippen LogP contribution in [0.25, 0.3) is 0 Å². The van der Waals surface area contributed by atoms with E-state index in [0.29, 0.717) is 0 Å². The second kappa shape index (κ2) is 49.5. The van der Waals surface area contributed by atoms with Gasteiger partial charge in [0.2, 0.25) is 0 Å². The summed E-state index contributed by atoms with van der Waals surface area (Å²) in [5.74, 6) is 0. The van der Waals surface area contributed by atoms with Gasteiger partial charge in [-0.3, -0.25) is 0 Å². The van der Waals surface area contributed by atoms with Crippen LogP contribution in [0.5, 0.6) is 0 Å². The molecule has 0 aliphatic carbocycles. The van der Waals surface area contributed by atoms with Crippen LogP contribution in [0.1, 0.15) is 34.1 Å². The van der Waals surface area contributed by atoms with Gasteiger partial charge in [-0.15, -0.1) is 0 Å². The molecule has 0 bridgehead atoms. The van der Waals surface area contributed by atoms with Gasteiger partial charge >= 0.3 is 0 Å². The molecule has 0 saturated carbocycles. The molecule has 0 aromatic carbocycles. The first-order valence-corrected chi connectivity index (χ1v) is 4.23. The zero-order chi connectivity index (χ0) is 9.98. The first kappa shape index (κ1) is 56.5. The van der Waals surface area contributed by atoms with Gasteiger partial charge in [-0.05, 0) is 0 Å². The molecule has 0 aromatic rings. The van der Waals surface area contributed by atoms with Gasteiger partial charge in [0.05, 0.1) is 0 Å². The molecule has 112 valence electrons. The van der Waals surface area contributed by atoms with Crippen molar-refractivity contribution in [1.82, 2.24) is 0 Å². The van der Waals surface area contributed by atoms with Crippen molar-refractivity contribution in [3.05, 3.63) is 26.7 Å². The first-order valence-electron chi connectivity index (χ1n) is 4.23. The molecule has 0 heterocycles. The molecule has 2 unspecified atom stereocenters. The fourth-order valence-electron chi connectivity index (χ4n) is 0.544. The number of rotatable bonds is 4. The molecule has 0 amide bonds. The van der Waals surface area contributed by atoms with E-state index >= 15 is 0 Å². The Balaban J connectivity index is -0.0000000110. The van der Waals surface area contributed by atoms with E-state index in [-0.39, 0.29) is 152 Å². The van der Waals surface area contributed by atoms with Crippen LogP contribution in [0.4, 0.5) is 0 Å². The molecule has 0 saturated heterocycles. The Morgan fingerprint density at radius 3 is 1.00 bits per heavy atom. The van der Waals surface area contributed by atoms with E-state index < -0.39 is 12.2 Å². The van der Waals surface area contributed by atoms with Crippen LogP contribution in [-0.2, 0) is 145 Å². The Bertz CT molecular complexity index is 87.1. The third-order valence-corrected chi connectivity index (χ3v) is 1.02. The summed E-state index contributed by atoms with van der Waals surface area (Å²) in [4.78, 5) is 0. The van der Waals surface area contributed by atoms with E-state index in [4.69, 9.17) is 10.2 Å². The summed E-state index contributed by atoms with van der Waals surface area (Å²) in [6.07, 6.45) is 4.31. The topological polar surface area (TPSA) is 40.5 Å². The van der Waals surface area contributed by atoms with Gasteiger partial charge in [0.1, 0.15) is 0 Å². The van der Waals surface area contributed by atoms with Crippen molar-refractivity contribution in [2.75, 3.05) is 0 Å². The molecule has 0 aliphatic heterocycles. The quantitative estimate of drug-likeness (QED) is 0.428. The molecule has 2 nitrogen and oxygen atoms in total. The average Bonchev–Trinajstić information content (AvgIpc) is 1.87. The van der Waals surface area contributed by atoms with E-state index in [1.54, 1.807) is 12.8 Å². The predicted molar refractivity (Wildman–Crippen MR) is 58.6 cm³/mol. The van der Waals surface area contributed by atoms with Gasteiger partial charge in [0, 0.05) is 145 Å². The van der Waals surface area contributed by atoms with Crippen LogP contribution in [0.15, 0.2) is 0 Å². The van der Waals surface area contributed by atoms with Crippen molar-refractivity contribution in [3.8, 4) is 0 Å². The van der Waals surface area contributed by atoms with Gasteiger partial charge in [0.15, 0.2) is 0 Å². The Morgan fingerprint density at radius 2 is 1.00 bits per heavy atom. The molecular formula is C11H24O2V2W2Y2-4.